The van der Waals surface area contributed by atoms with Crippen molar-refractivity contribution in [1.29, 1.82) is 0 Å². The molecule has 0 saturated heterocycles. The fraction of sp³-hybridized carbons (Fsp3) is 0.742. The van der Waals surface area contributed by atoms with Gasteiger partial charge in [-0.2, -0.15) is 0 Å². The minimum absolute atomic E-state index is 0.499. The van der Waals surface area contributed by atoms with E-state index in [4.69, 9.17) is 0 Å². The van der Waals surface area contributed by atoms with Crippen LogP contribution in [-0.4, -0.2) is 17.6 Å². The predicted molar refractivity (Wildman–Crippen MR) is 148 cm³/mol. The highest BCUT2D eigenvalue weighted by Gasteiger charge is 2.25. The summed E-state index contributed by atoms with van der Waals surface area (Å²) >= 11 is 0. The molecular formula is C31H54N2. The number of benzene rings is 1. The maximum atomic E-state index is 2.57. The zero-order valence-electron chi connectivity index (χ0n) is 22.2. The Morgan fingerprint density at radius 2 is 1.03 bits per heavy atom. The number of nitrogens with zero attached hydrogens (tertiary/aromatic N) is 2. The Hall–Kier alpha value is -1.44. The molecule has 2 rings (SSSR count). The lowest BCUT2D eigenvalue weighted by molar-refractivity contribution is 0.277. The number of hydrogen-bond acceptors (Lipinski definition) is 2. The number of rotatable bonds is 21. The van der Waals surface area contributed by atoms with Crippen LogP contribution in [0.4, 0.5) is 5.69 Å². The van der Waals surface area contributed by atoms with Crippen LogP contribution >= 0.6 is 0 Å². The van der Waals surface area contributed by atoms with Crippen LogP contribution in [0.2, 0.25) is 0 Å². The van der Waals surface area contributed by atoms with Gasteiger partial charge in [0.25, 0.3) is 0 Å². The predicted octanol–water partition coefficient (Wildman–Crippen LogP) is 10.1. The van der Waals surface area contributed by atoms with Crippen LogP contribution in [0.5, 0.6) is 0 Å². The van der Waals surface area contributed by atoms with E-state index in [1.807, 2.05) is 0 Å². The van der Waals surface area contributed by atoms with Crippen molar-refractivity contribution >= 4 is 5.69 Å². The van der Waals surface area contributed by atoms with Crippen LogP contribution in [0.3, 0.4) is 0 Å². The zero-order valence-corrected chi connectivity index (χ0v) is 22.2. The van der Waals surface area contributed by atoms with Gasteiger partial charge in [0.05, 0.1) is 0 Å². The summed E-state index contributed by atoms with van der Waals surface area (Å²) in [5.74, 6) is 0. The molecule has 1 heterocycles. The van der Waals surface area contributed by atoms with Crippen LogP contribution in [0, 0.1) is 0 Å². The third-order valence-electron chi connectivity index (χ3n) is 7.24. The molecule has 0 bridgehead atoms. The van der Waals surface area contributed by atoms with Crippen molar-refractivity contribution in [1.82, 2.24) is 4.90 Å². The Kier molecular flexibility index (Phi) is 15.9. The number of para-hydroxylation sites is 1. The lowest BCUT2D eigenvalue weighted by Gasteiger charge is -2.32. The fourth-order valence-electron chi connectivity index (χ4n) is 5.18. The molecule has 0 amide bonds. The fourth-order valence-corrected chi connectivity index (χ4v) is 5.18. The van der Waals surface area contributed by atoms with Gasteiger partial charge in [0.2, 0.25) is 0 Å². The molecule has 33 heavy (non-hydrogen) atoms. The first-order valence-corrected chi connectivity index (χ1v) is 14.6. The van der Waals surface area contributed by atoms with E-state index in [9.17, 15) is 0 Å². The molecule has 0 fully saturated rings. The summed E-state index contributed by atoms with van der Waals surface area (Å²) in [7, 11) is 0. The van der Waals surface area contributed by atoms with E-state index in [2.05, 4.69) is 66.4 Å². The maximum Gasteiger partial charge on any atom is 0.105 e. The zero-order chi connectivity index (χ0) is 23.4. The molecular weight excluding hydrogens is 400 g/mol. The molecule has 0 spiro atoms. The minimum Gasteiger partial charge on any atom is -0.356 e. The van der Waals surface area contributed by atoms with E-state index in [0.717, 1.165) is 0 Å². The van der Waals surface area contributed by atoms with Gasteiger partial charge in [-0.25, -0.2) is 0 Å². The van der Waals surface area contributed by atoms with Gasteiger partial charge in [-0.3, -0.25) is 0 Å². The summed E-state index contributed by atoms with van der Waals surface area (Å²) in [6.07, 6.45) is 32.0. The lowest BCUT2D eigenvalue weighted by atomic mass is 10.0. The Balaban J connectivity index is 1.40. The standard InChI is InChI=1S/C31H54N2/c1-3-5-6-7-8-9-10-11-12-13-14-15-16-17-18-19-23-27-32-28-29-33(31(32)24-4-2)30-25-21-20-22-26-30/h20-22,25-26,28-29,31H,3-19,23-24,27H2,1-2H3. The van der Waals surface area contributed by atoms with Gasteiger partial charge in [-0.15, -0.1) is 0 Å². The van der Waals surface area contributed by atoms with E-state index >= 15 is 0 Å². The van der Waals surface area contributed by atoms with Crippen molar-refractivity contribution in [2.45, 2.75) is 142 Å². The molecule has 188 valence electrons. The number of unbranched alkanes of at least 4 members (excludes halogenated alkanes) is 16. The van der Waals surface area contributed by atoms with Crippen molar-refractivity contribution in [3.05, 3.63) is 42.7 Å². The largest absolute Gasteiger partial charge is 0.356 e. The average Bonchev–Trinajstić information content (AvgIpc) is 3.24. The Bertz CT molecular complexity index is 582. The van der Waals surface area contributed by atoms with Crippen molar-refractivity contribution < 1.29 is 0 Å². The van der Waals surface area contributed by atoms with E-state index in [1.54, 1.807) is 0 Å². The molecule has 1 atom stereocenters. The molecule has 1 aromatic rings. The van der Waals surface area contributed by atoms with Crippen LogP contribution in [0.1, 0.15) is 136 Å². The van der Waals surface area contributed by atoms with E-state index < -0.39 is 0 Å². The molecule has 0 saturated carbocycles. The highest BCUT2D eigenvalue weighted by Crippen LogP contribution is 2.27. The molecule has 1 unspecified atom stereocenters. The Morgan fingerprint density at radius 1 is 0.545 bits per heavy atom. The summed E-state index contributed by atoms with van der Waals surface area (Å²) in [5.41, 5.74) is 1.32. The van der Waals surface area contributed by atoms with Crippen molar-refractivity contribution in [3.63, 3.8) is 0 Å². The van der Waals surface area contributed by atoms with Crippen LogP contribution in [0.15, 0.2) is 42.7 Å². The van der Waals surface area contributed by atoms with E-state index in [1.165, 1.54) is 134 Å². The van der Waals surface area contributed by atoms with Gasteiger partial charge in [-0.05, 0) is 25.0 Å². The Labute approximate surface area is 206 Å². The topological polar surface area (TPSA) is 6.48 Å². The van der Waals surface area contributed by atoms with Crippen molar-refractivity contribution in [2.24, 2.45) is 0 Å². The second-order valence-electron chi connectivity index (χ2n) is 10.2. The van der Waals surface area contributed by atoms with Crippen LogP contribution < -0.4 is 4.90 Å². The minimum atomic E-state index is 0.499. The second-order valence-corrected chi connectivity index (χ2v) is 10.2. The maximum absolute atomic E-state index is 2.57. The molecule has 0 aromatic heterocycles. The summed E-state index contributed by atoms with van der Waals surface area (Å²) in [5, 5.41) is 0. The molecule has 2 heteroatoms. The Morgan fingerprint density at radius 3 is 1.52 bits per heavy atom. The third kappa shape index (κ3) is 12.0. The first kappa shape index (κ1) is 27.8. The van der Waals surface area contributed by atoms with Crippen molar-refractivity contribution in [2.75, 3.05) is 11.4 Å². The first-order chi connectivity index (χ1) is 16.4. The third-order valence-corrected chi connectivity index (χ3v) is 7.24. The average molecular weight is 455 g/mol. The molecule has 1 aliphatic rings. The second kappa shape index (κ2) is 18.9. The van der Waals surface area contributed by atoms with E-state index in [-0.39, 0.29) is 0 Å². The van der Waals surface area contributed by atoms with Gasteiger partial charge in [0.15, 0.2) is 0 Å². The van der Waals surface area contributed by atoms with Gasteiger partial charge in [-0.1, -0.05) is 141 Å². The monoisotopic (exact) mass is 454 g/mol. The van der Waals surface area contributed by atoms with Gasteiger partial charge >= 0.3 is 0 Å². The summed E-state index contributed by atoms with van der Waals surface area (Å²) in [4.78, 5) is 5.03. The highest BCUT2D eigenvalue weighted by molar-refractivity contribution is 5.51. The van der Waals surface area contributed by atoms with Crippen molar-refractivity contribution in [3.8, 4) is 0 Å². The quantitative estimate of drug-likeness (QED) is 0.170. The molecule has 1 aliphatic heterocycles. The van der Waals surface area contributed by atoms with Crippen LogP contribution in [-0.2, 0) is 0 Å². The summed E-state index contributed by atoms with van der Waals surface area (Å²) in [6.45, 7) is 5.80. The molecule has 0 N–H and O–H groups in total. The molecule has 2 nitrogen and oxygen atoms in total. The van der Waals surface area contributed by atoms with Gasteiger partial charge in [0, 0.05) is 24.6 Å². The van der Waals surface area contributed by atoms with Gasteiger partial charge < -0.3 is 9.80 Å². The lowest BCUT2D eigenvalue weighted by Crippen LogP contribution is -2.39. The van der Waals surface area contributed by atoms with Crippen LogP contribution in [0.25, 0.3) is 0 Å². The first-order valence-electron chi connectivity index (χ1n) is 14.6. The van der Waals surface area contributed by atoms with Gasteiger partial charge in [0.1, 0.15) is 6.17 Å². The summed E-state index contributed by atoms with van der Waals surface area (Å²) in [6, 6.07) is 10.8. The summed E-state index contributed by atoms with van der Waals surface area (Å²) < 4.78 is 0. The molecule has 0 aliphatic carbocycles. The normalized spacial score (nSPS) is 15.6. The molecule has 0 radical (unpaired) electrons. The number of hydrogen-bond donors (Lipinski definition) is 0. The molecule has 1 aromatic carbocycles. The van der Waals surface area contributed by atoms with E-state index in [0.29, 0.717) is 6.17 Å². The smallest absolute Gasteiger partial charge is 0.105 e. The highest BCUT2D eigenvalue weighted by atomic mass is 15.4. The number of anilines is 1. The SMILES string of the molecule is CCCCCCCCCCCCCCCCCCCN1C=CN(c2ccccc2)C1CCC.